The van der Waals surface area contributed by atoms with Crippen LogP contribution in [0.2, 0.25) is 0 Å². The zero-order valence-electron chi connectivity index (χ0n) is 10.2. The molecule has 0 aliphatic rings. The van der Waals surface area contributed by atoms with Gasteiger partial charge in [0.2, 0.25) is 5.88 Å². The lowest BCUT2D eigenvalue weighted by molar-refractivity contribution is 0.397. The fourth-order valence-corrected chi connectivity index (χ4v) is 1.75. The van der Waals surface area contributed by atoms with Gasteiger partial charge in [0.1, 0.15) is 16.1 Å². The summed E-state index contributed by atoms with van der Waals surface area (Å²) >= 11 is 2.08. The van der Waals surface area contributed by atoms with E-state index in [0.29, 0.717) is 5.88 Å². The Bertz CT molecular complexity index is 418. The third kappa shape index (κ3) is 4.29. The topological polar surface area (TPSA) is 57.5 Å². The van der Waals surface area contributed by atoms with E-state index in [0.717, 1.165) is 10.0 Å². The molecule has 0 fully saturated rings. The van der Waals surface area contributed by atoms with Crippen LogP contribution in [-0.2, 0) is 11.4 Å². The summed E-state index contributed by atoms with van der Waals surface area (Å²) in [5, 5.41) is 0. The quantitative estimate of drug-likeness (QED) is 0.636. The lowest BCUT2D eigenvalue weighted by atomic mass is 10.3. The summed E-state index contributed by atoms with van der Waals surface area (Å²) < 4.78 is 21.2. The van der Waals surface area contributed by atoms with E-state index < -0.39 is 11.4 Å². The maximum absolute atomic E-state index is 11.8. The van der Waals surface area contributed by atoms with E-state index in [4.69, 9.17) is 4.74 Å². The molecule has 94 valence electrons. The minimum absolute atomic E-state index is 0.361. The van der Waals surface area contributed by atoms with Crippen molar-refractivity contribution < 1.29 is 9.29 Å². The summed E-state index contributed by atoms with van der Waals surface area (Å²) in [6.07, 6.45) is 3.19. The summed E-state index contributed by atoms with van der Waals surface area (Å²) in [5.41, 5.74) is 0.787. The number of nitrogens with zero attached hydrogens (tertiary/aromatic N) is 2. The summed E-state index contributed by atoms with van der Waals surface area (Å²) in [7, 11) is 1.55. The predicted molar refractivity (Wildman–Crippen MR) is 74.0 cm³/mol. The first kappa shape index (κ1) is 14.5. The van der Waals surface area contributed by atoms with E-state index in [1.165, 1.54) is 0 Å². The molecule has 1 atom stereocenters. The average Bonchev–Trinajstić information content (AvgIpc) is 2.26. The Morgan fingerprint density at radius 1 is 1.53 bits per heavy atom. The van der Waals surface area contributed by atoms with Gasteiger partial charge in [0.25, 0.3) is 0 Å². The van der Waals surface area contributed by atoms with Crippen LogP contribution in [-0.4, -0.2) is 27.6 Å². The molecule has 1 heterocycles. The van der Waals surface area contributed by atoms with Crippen molar-refractivity contribution in [3.05, 3.63) is 22.3 Å². The molecule has 0 aromatic carbocycles. The normalized spacial score (nSPS) is 14.0. The maximum atomic E-state index is 11.8. The molecule has 17 heavy (non-hydrogen) atoms. The molecule has 0 N–H and O–H groups in total. The number of ether oxygens (including phenoxy) is 1. The van der Waals surface area contributed by atoms with Crippen LogP contribution in [0.25, 0.3) is 0 Å². The predicted octanol–water partition coefficient (Wildman–Crippen LogP) is 2.73. The Morgan fingerprint density at radius 3 is 2.71 bits per heavy atom. The third-order valence-corrected chi connectivity index (χ3v) is 3.89. The second kappa shape index (κ2) is 5.84. The van der Waals surface area contributed by atoms with Crippen molar-refractivity contribution >= 4 is 33.5 Å². The van der Waals surface area contributed by atoms with Crippen LogP contribution in [0, 0.1) is 0 Å². The maximum Gasteiger partial charge on any atom is 0.213 e. The number of rotatable bonds is 3. The highest BCUT2D eigenvalue weighted by atomic mass is 79.9. The van der Waals surface area contributed by atoms with Crippen molar-refractivity contribution in [2.24, 2.45) is 4.40 Å². The van der Waals surface area contributed by atoms with Crippen molar-refractivity contribution in [1.29, 1.82) is 0 Å². The van der Waals surface area contributed by atoms with Crippen LogP contribution in [0.15, 0.2) is 21.1 Å². The lowest BCUT2D eigenvalue weighted by Gasteiger charge is -2.17. The monoisotopic (exact) mass is 318 g/mol. The minimum Gasteiger partial charge on any atom is -0.591 e. The molecule has 0 spiro atoms. The van der Waals surface area contributed by atoms with Gasteiger partial charge in [-0.2, -0.15) is 0 Å². The van der Waals surface area contributed by atoms with Gasteiger partial charge in [-0.25, -0.2) is 4.98 Å². The van der Waals surface area contributed by atoms with Gasteiger partial charge in [0.05, 0.1) is 13.3 Å². The Hall–Kier alpha value is -0.590. The molecule has 6 heteroatoms. The van der Waals surface area contributed by atoms with E-state index in [1.54, 1.807) is 25.6 Å². The van der Waals surface area contributed by atoms with Gasteiger partial charge in [-0.1, -0.05) is 4.40 Å². The first-order valence-electron chi connectivity index (χ1n) is 5.00. The Labute approximate surface area is 113 Å². The fourth-order valence-electron chi connectivity index (χ4n) is 0.907. The van der Waals surface area contributed by atoms with Crippen molar-refractivity contribution in [2.75, 3.05) is 7.11 Å². The molecule has 4 nitrogen and oxygen atoms in total. The SMILES string of the molecule is COc1cc(/C=N/[S+]([O-])C(C)(C)C)c(Br)cn1. The van der Waals surface area contributed by atoms with Crippen LogP contribution in [0.5, 0.6) is 5.88 Å². The van der Waals surface area contributed by atoms with Crippen molar-refractivity contribution in [3.8, 4) is 5.88 Å². The molecule has 1 aromatic heterocycles. The summed E-state index contributed by atoms with van der Waals surface area (Å²) in [6.45, 7) is 5.63. The molecule has 0 bridgehead atoms. The number of methoxy groups -OCH3 is 1. The standard InChI is InChI=1S/C11H15BrN2O2S/c1-11(2,3)17(15)14-6-8-5-10(16-4)13-7-9(8)12/h5-7H,1-4H3/b14-6+. The summed E-state index contributed by atoms with van der Waals surface area (Å²) in [6, 6.07) is 1.73. The highest BCUT2D eigenvalue weighted by Gasteiger charge is 2.25. The van der Waals surface area contributed by atoms with Crippen LogP contribution >= 0.6 is 15.9 Å². The van der Waals surface area contributed by atoms with Gasteiger partial charge in [-0.05, 0) is 36.7 Å². The Balaban J connectivity index is 2.91. The minimum atomic E-state index is -1.27. The van der Waals surface area contributed by atoms with Crippen LogP contribution in [0.3, 0.4) is 0 Å². The smallest absolute Gasteiger partial charge is 0.213 e. The van der Waals surface area contributed by atoms with E-state index in [1.807, 2.05) is 20.8 Å². The van der Waals surface area contributed by atoms with Gasteiger partial charge in [0, 0.05) is 22.3 Å². The molecule has 0 aliphatic heterocycles. The second-order valence-corrected chi connectivity index (χ2v) is 7.13. The van der Waals surface area contributed by atoms with Gasteiger partial charge in [-0.15, -0.1) is 0 Å². The highest BCUT2D eigenvalue weighted by Crippen LogP contribution is 2.20. The lowest BCUT2D eigenvalue weighted by Crippen LogP contribution is -2.25. The molecule has 0 amide bonds. The molecule has 0 saturated carbocycles. The Morgan fingerprint density at radius 2 is 2.18 bits per heavy atom. The average molecular weight is 319 g/mol. The third-order valence-electron chi connectivity index (χ3n) is 1.88. The zero-order chi connectivity index (χ0) is 13.1. The van der Waals surface area contributed by atoms with E-state index >= 15 is 0 Å². The Kier molecular flexibility index (Phi) is 4.97. The first-order chi connectivity index (χ1) is 7.84. The van der Waals surface area contributed by atoms with Gasteiger partial charge >= 0.3 is 0 Å². The zero-order valence-corrected chi connectivity index (χ0v) is 12.6. The molecule has 0 radical (unpaired) electrons. The molecule has 1 rings (SSSR count). The van der Waals surface area contributed by atoms with Crippen LogP contribution < -0.4 is 4.74 Å². The number of hydrogen-bond donors (Lipinski definition) is 0. The van der Waals surface area contributed by atoms with Crippen LogP contribution in [0.4, 0.5) is 0 Å². The van der Waals surface area contributed by atoms with Crippen LogP contribution in [0.1, 0.15) is 26.3 Å². The molecule has 0 aliphatic carbocycles. The summed E-state index contributed by atoms with van der Waals surface area (Å²) in [5.74, 6) is 0.496. The van der Waals surface area contributed by atoms with Crippen molar-refractivity contribution in [2.45, 2.75) is 25.5 Å². The fraction of sp³-hybridized carbons (Fsp3) is 0.455. The van der Waals surface area contributed by atoms with E-state index in [-0.39, 0.29) is 4.75 Å². The van der Waals surface area contributed by atoms with E-state index in [2.05, 4.69) is 25.3 Å². The second-order valence-electron chi connectivity index (χ2n) is 4.34. The largest absolute Gasteiger partial charge is 0.591 e. The van der Waals surface area contributed by atoms with Gasteiger partial charge in [0.15, 0.2) is 0 Å². The number of aromatic nitrogens is 1. The number of halogens is 1. The molecular formula is C11H15BrN2O2S. The first-order valence-corrected chi connectivity index (χ1v) is 6.90. The number of pyridine rings is 1. The molecule has 0 saturated heterocycles. The number of hydrogen-bond acceptors (Lipinski definition) is 4. The molecule has 1 aromatic rings. The highest BCUT2D eigenvalue weighted by molar-refractivity contribution is 9.10. The summed E-state index contributed by atoms with van der Waals surface area (Å²) in [4.78, 5) is 4.03. The van der Waals surface area contributed by atoms with E-state index in [9.17, 15) is 4.55 Å². The van der Waals surface area contributed by atoms with Crippen molar-refractivity contribution in [3.63, 3.8) is 0 Å². The van der Waals surface area contributed by atoms with Crippen molar-refractivity contribution in [1.82, 2.24) is 4.98 Å². The molecular weight excluding hydrogens is 304 g/mol. The molecule has 1 unspecified atom stereocenters. The van der Waals surface area contributed by atoms with Gasteiger partial charge < -0.3 is 9.29 Å². The van der Waals surface area contributed by atoms with Gasteiger partial charge in [-0.3, -0.25) is 0 Å².